The first-order valence-corrected chi connectivity index (χ1v) is 6.12. The number of hydrogen-bond donors (Lipinski definition) is 1. The summed E-state index contributed by atoms with van der Waals surface area (Å²) in [5, 5.41) is 0. The summed E-state index contributed by atoms with van der Waals surface area (Å²) in [5.41, 5.74) is 8.74. The molecular weight excluding hydrogens is 198 g/mol. The molecule has 3 atom stereocenters. The fraction of sp³-hybridized carbons (Fsp3) is 0.571. The highest BCUT2D eigenvalue weighted by Crippen LogP contribution is 2.47. The second-order valence-electron chi connectivity index (χ2n) is 4.88. The molecule has 1 aliphatic carbocycles. The van der Waals surface area contributed by atoms with E-state index in [0.717, 1.165) is 11.7 Å². The topological polar surface area (TPSA) is 35.2 Å². The van der Waals surface area contributed by atoms with Crippen molar-refractivity contribution in [3.05, 3.63) is 29.3 Å². The van der Waals surface area contributed by atoms with E-state index in [1.807, 2.05) is 13.0 Å². The minimum Gasteiger partial charge on any atom is -0.494 e. The summed E-state index contributed by atoms with van der Waals surface area (Å²) < 4.78 is 5.65. The van der Waals surface area contributed by atoms with E-state index in [9.17, 15) is 0 Å². The molecule has 0 aromatic heterocycles. The van der Waals surface area contributed by atoms with E-state index in [4.69, 9.17) is 10.5 Å². The Kier molecular flexibility index (Phi) is 3.20. The van der Waals surface area contributed by atoms with Gasteiger partial charge in [0.25, 0.3) is 0 Å². The molecule has 1 fully saturated rings. The molecule has 2 rings (SSSR count). The van der Waals surface area contributed by atoms with Crippen molar-refractivity contribution >= 4 is 0 Å². The standard InChI is InChI=1S/C14H21NO/c1-4-16-13-6-5-9(2)7-12(13)14(15)11-8-10(11)3/h5-7,10-11,14H,4,8,15H2,1-3H3. The summed E-state index contributed by atoms with van der Waals surface area (Å²) in [6, 6.07) is 6.43. The lowest BCUT2D eigenvalue weighted by molar-refractivity contribution is 0.332. The lowest BCUT2D eigenvalue weighted by Crippen LogP contribution is -2.15. The molecular formula is C14H21NO. The maximum atomic E-state index is 6.31. The number of nitrogens with two attached hydrogens (primary N) is 1. The Morgan fingerprint density at radius 3 is 2.75 bits per heavy atom. The third-order valence-electron chi connectivity index (χ3n) is 3.46. The van der Waals surface area contributed by atoms with Crippen LogP contribution < -0.4 is 10.5 Å². The molecule has 16 heavy (non-hydrogen) atoms. The van der Waals surface area contributed by atoms with Crippen LogP contribution in [0.4, 0.5) is 0 Å². The van der Waals surface area contributed by atoms with Crippen LogP contribution in [0.1, 0.15) is 37.4 Å². The van der Waals surface area contributed by atoms with Crippen molar-refractivity contribution in [3.8, 4) is 5.75 Å². The highest BCUT2D eigenvalue weighted by atomic mass is 16.5. The molecule has 2 nitrogen and oxygen atoms in total. The van der Waals surface area contributed by atoms with E-state index in [1.54, 1.807) is 0 Å². The zero-order valence-corrected chi connectivity index (χ0v) is 10.4. The van der Waals surface area contributed by atoms with E-state index < -0.39 is 0 Å². The van der Waals surface area contributed by atoms with Gasteiger partial charge in [-0.25, -0.2) is 0 Å². The van der Waals surface area contributed by atoms with Gasteiger partial charge in [0.15, 0.2) is 0 Å². The first-order chi connectivity index (χ1) is 7.63. The minimum atomic E-state index is 0.136. The minimum absolute atomic E-state index is 0.136. The van der Waals surface area contributed by atoms with Gasteiger partial charge in [0.05, 0.1) is 6.61 Å². The number of benzene rings is 1. The number of aryl methyl sites for hydroxylation is 1. The Balaban J connectivity index is 2.25. The van der Waals surface area contributed by atoms with Gasteiger partial charge in [0.2, 0.25) is 0 Å². The van der Waals surface area contributed by atoms with Gasteiger partial charge in [-0.2, -0.15) is 0 Å². The van der Waals surface area contributed by atoms with E-state index in [1.165, 1.54) is 17.5 Å². The lowest BCUT2D eigenvalue weighted by Gasteiger charge is -2.17. The van der Waals surface area contributed by atoms with Crippen LogP contribution in [-0.2, 0) is 0 Å². The monoisotopic (exact) mass is 219 g/mol. The normalized spacial score (nSPS) is 25.2. The van der Waals surface area contributed by atoms with Crippen LogP contribution in [0.2, 0.25) is 0 Å². The fourth-order valence-electron chi connectivity index (χ4n) is 2.30. The van der Waals surface area contributed by atoms with Gasteiger partial charge in [-0.15, -0.1) is 0 Å². The van der Waals surface area contributed by atoms with E-state index in [-0.39, 0.29) is 6.04 Å². The Hall–Kier alpha value is -1.02. The summed E-state index contributed by atoms with van der Waals surface area (Å²) in [6.07, 6.45) is 1.25. The molecule has 3 unspecified atom stereocenters. The molecule has 0 saturated heterocycles. The van der Waals surface area contributed by atoms with Crippen LogP contribution in [0.25, 0.3) is 0 Å². The summed E-state index contributed by atoms with van der Waals surface area (Å²) in [6.45, 7) is 7.07. The smallest absolute Gasteiger partial charge is 0.124 e. The van der Waals surface area contributed by atoms with Crippen molar-refractivity contribution in [2.24, 2.45) is 17.6 Å². The first kappa shape index (κ1) is 11.5. The third-order valence-corrected chi connectivity index (χ3v) is 3.46. The summed E-state index contributed by atoms with van der Waals surface area (Å²) in [4.78, 5) is 0. The molecule has 0 bridgehead atoms. The van der Waals surface area contributed by atoms with Crippen LogP contribution in [0.15, 0.2) is 18.2 Å². The molecule has 1 aromatic rings. The van der Waals surface area contributed by atoms with Gasteiger partial charge in [0.1, 0.15) is 5.75 Å². The first-order valence-electron chi connectivity index (χ1n) is 6.12. The second kappa shape index (κ2) is 4.46. The van der Waals surface area contributed by atoms with Crippen molar-refractivity contribution in [2.45, 2.75) is 33.2 Å². The number of ether oxygens (including phenoxy) is 1. The van der Waals surface area contributed by atoms with Crippen molar-refractivity contribution < 1.29 is 4.74 Å². The van der Waals surface area contributed by atoms with E-state index >= 15 is 0 Å². The van der Waals surface area contributed by atoms with Crippen molar-refractivity contribution in [2.75, 3.05) is 6.61 Å². The Labute approximate surface area is 97.8 Å². The van der Waals surface area contributed by atoms with Gasteiger partial charge in [-0.05, 0) is 38.2 Å². The zero-order chi connectivity index (χ0) is 11.7. The molecule has 0 spiro atoms. The lowest BCUT2D eigenvalue weighted by atomic mass is 9.99. The summed E-state index contributed by atoms with van der Waals surface area (Å²) in [7, 11) is 0. The molecule has 0 aliphatic heterocycles. The highest BCUT2D eigenvalue weighted by molar-refractivity contribution is 5.40. The Bertz CT molecular complexity index is 375. The van der Waals surface area contributed by atoms with E-state index in [0.29, 0.717) is 12.5 Å². The maximum absolute atomic E-state index is 6.31. The molecule has 0 amide bonds. The molecule has 1 saturated carbocycles. The molecule has 0 radical (unpaired) electrons. The average Bonchev–Trinajstić information content (AvgIpc) is 2.97. The van der Waals surface area contributed by atoms with Crippen molar-refractivity contribution in [3.63, 3.8) is 0 Å². The van der Waals surface area contributed by atoms with Gasteiger partial charge >= 0.3 is 0 Å². The maximum Gasteiger partial charge on any atom is 0.124 e. The van der Waals surface area contributed by atoms with Gasteiger partial charge in [-0.3, -0.25) is 0 Å². The summed E-state index contributed by atoms with van der Waals surface area (Å²) in [5.74, 6) is 2.37. The average molecular weight is 219 g/mol. The van der Waals surface area contributed by atoms with Gasteiger partial charge in [-0.1, -0.05) is 24.6 Å². The van der Waals surface area contributed by atoms with Crippen LogP contribution in [0.5, 0.6) is 5.75 Å². The quantitative estimate of drug-likeness (QED) is 0.844. The fourth-order valence-corrected chi connectivity index (χ4v) is 2.30. The van der Waals surface area contributed by atoms with Crippen LogP contribution in [0.3, 0.4) is 0 Å². The predicted octanol–water partition coefficient (Wildman–Crippen LogP) is 3.05. The molecule has 2 heteroatoms. The van der Waals surface area contributed by atoms with Crippen LogP contribution in [0, 0.1) is 18.8 Å². The second-order valence-corrected chi connectivity index (χ2v) is 4.88. The molecule has 2 N–H and O–H groups in total. The SMILES string of the molecule is CCOc1ccc(C)cc1C(N)C1CC1C. The van der Waals surface area contributed by atoms with Crippen molar-refractivity contribution in [1.29, 1.82) is 0 Å². The van der Waals surface area contributed by atoms with Crippen LogP contribution >= 0.6 is 0 Å². The largest absolute Gasteiger partial charge is 0.494 e. The van der Waals surface area contributed by atoms with Gasteiger partial charge < -0.3 is 10.5 Å². The number of rotatable bonds is 4. The predicted molar refractivity (Wildman–Crippen MR) is 66.5 cm³/mol. The highest BCUT2D eigenvalue weighted by Gasteiger charge is 2.39. The molecule has 1 aromatic carbocycles. The molecule has 1 aliphatic rings. The Morgan fingerprint density at radius 1 is 1.50 bits per heavy atom. The number of hydrogen-bond acceptors (Lipinski definition) is 2. The Morgan fingerprint density at radius 2 is 2.19 bits per heavy atom. The summed E-state index contributed by atoms with van der Waals surface area (Å²) >= 11 is 0. The van der Waals surface area contributed by atoms with E-state index in [2.05, 4.69) is 26.0 Å². The van der Waals surface area contributed by atoms with Crippen molar-refractivity contribution in [1.82, 2.24) is 0 Å². The van der Waals surface area contributed by atoms with Gasteiger partial charge in [0, 0.05) is 11.6 Å². The molecule has 0 heterocycles. The molecule has 88 valence electrons. The zero-order valence-electron chi connectivity index (χ0n) is 10.4. The van der Waals surface area contributed by atoms with Crippen LogP contribution in [-0.4, -0.2) is 6.61 Å². The third kappa shape index (κ3) is 2.22.